The lowest BCUT2D eigenvalue weighted by atomic mass is 9.78. The third-order valence-electron chi connectivity index (χ3n) is 6.02. The topological polar surface area (TPSA) is 32.3 Å². The third-order valence-corrected chi connectivity index (χ3v) is 6.02. The highest BCUT2D eigenvalue weighted by Gasteiger charge is 2.30. The van der Waals surface area contributed by atoms with E-state index in [1.165, 1.54) is 50.0 Å². The van der Waals surface area contributed by atoms with Gasteiger partial charge in [0.05, 0.1) is 6.20 Å². The number of nitrogens with zero attached hydrogens (tertiary/aromatic N) is 4. The van der Waals surface area contributed by atoms with E-state index >= 15 is 0 Å². The van der Waals surface area contributed by atoms with Gasteiger partial charge in [-0.05, 0) is 56.6 Å². The summed E-state index contributed by atoms with van der Waals surface area (Å²) >= 11 is 0. The average Bonchev–Trinajstić information content (AvgIpc) is 2.70. The van der Waals surface area contributed by atoms with Crippen LogP contribution in [0.3, 0.4) is 0 Å². The first-order chi connectivity index (χ1) is 12.3. The van der Waals surface area contributed by atoms with Crippen molar-refractivity contribution in [3.63, 3.8) is 0 Å². The van der Waals surface area contributed by atoms with E-state index in [1.54, 1.807) is 12.4 Å². The van der Waals surface area contributed by atoms with Crippen LogP contribution in [0.1, 0.15) is 31.2 Å². The Labute approximate surface area is 150 Å². The molecule has 2 aliphatic rings. The Morgan fingerprint density at radius 2 is 1.40 bits per heavy atom. The second-order valence-corrected chi connectivity index (χ2v) is 7.55. The molecule has 132 valence electrons. The molecule has 2 aromatic rings. The first-order valence-corrected chi connectivity index (χ1v) is 9.62. The highest BCUT2D eigenvalue weighted by atomic mass is 15.2. The summed E-state index contributed by atoms with van der Waals surface area (Å²) in [4.78, 5) is 13.6. The molecule has 0 N–H and O–H groups in total. The van der Waals surface area contributed by atoms with Gasteiger partial charge >= 0.3 is 0 Å². The Hall–Kier alpha value is -2.10. The number of aryl methyl sites for hydroxylation is 1. The van der Waals surface area contributed by atoms with Gasteiger partial charge in [-0.1, -0.05) is 17.7 Å². The zero-order valence-electron chi connectivity index (χ0n) is 15.1. The van der Waals surface area contributed by atoms with Crippen LogP contribution in [-0.4, -0.2) is 36.1 Å². The quantitative estimate of drug-likeness (QED) is 0.850. The first kappa shape index (κ1) is 16.4. The molecule has 0 spiro atoms. The van der Waals surface area contributed by atoms with E-state index in [0.29, 0.717) is 0 Å². The number of piperidine rings is 2. The second-order valence-electron chi connectivity index (χ2n) is 7.55. The molecule has 0 amide bonds. The molecule has 4 nitrogen and oxygen atoms in total. The third kappa shape index (κ3) is 3.78. The van der Waals surface area contributed by atoms with Gasteiger partial charge in [-0.25, -0.2) is 4.98 Å². The normalized spacial score (nSPS) is 20.0. The van der Waals surface area contributed by atoms with Gasteiger partial charge < -0.3 is 9.80 Å². The zero-order valence-corrected chi connectivity index (χ0v) is 15.1. The summed E-state index contributed by atoms with van der Waals surface area (Å²) in [7, 11) is 0. The van der Waals surface area contributed by atoms with Crippen LogP contribution in [0.5, 0.6) is 0 Å². The van der Waals surface area contributed by atoms with Gasteiger partial charge in [0.15, 0.2) is 0 Å². The van der Waals surface area contributed by atoms with Gasteiger partial charge in [0.1, 0.15) is 5.82 Å². The van der Waals surface area contributed by atoms with E-state index in [0.717, 1.165) is 30.7 Å². The van der Waals surface area contributed by atoms with Crippen LogP contribution in [0.4, 0.5) is 11.5 Å². The Balaban J connectivity index is 1.28. The summed E-state index contributed by atoms with van der Waals surface area (Å²) in [6, 6.07) is 9.00. The van der Waals surface area contributed by atoms with Crippen LogP contribution in [0.2, 0.25) is 0 Å². The van der Waals surface area contributed by atoms with E-state index in [9.17, 15) is 0 Å². The Morgan fingerprint density at radius 3 is 1.96 bits per heavy atom. The maximum absolute atomic E-state index is 4.45. The fraction of sp³-hybridized carbons (Fsp3) is 0.524. The summed E-state index contributed by atoms with van der Waals surface area (Å²) in [5, 5.41) is 0. The van der Waals surface area contributed by atoms with Crippen molar-refractivity contribution in [3.05, 3.63) is 48.4 Å². The average molecular weight is 336 g/mol. The van der Waals surface area contributed by atoms with Gasteiger partial charge in [0.2, 0.25) is 0 Å². The lowest BCUT2D eigenvalue weighted by molar-refractivity contribution is 0.233. The van der Waals surface area contributed by atoms with Crippen LogP contribution in [0.15, 0.2) is 42.9 Å². The number of benzene rings is 1. The largest absolute Gasteiger partial charge is 0.372 e. The molecule has 0 atom stereocenters. The smallest absolute Gasteiger partial charge is 0.147 e. The van der Waals surface area contributed by atoms with E-state index in [4.69, 9.17) is 0 Å². The van der Waals surface area contributed by atoms with Crippen LogP contribution < -0.4 is 9.80 Å². The second kappa shape index (κ2) is 7.42. The molecule has 1 aromatic carbocycles. The van der Waals surface area contributed by atoms with E-state index in [-0.39, 0.29) is 0 Å². The van der Waals surface area contributed by atoms with Gasteiger partial charge in [-0.15, -0.1) is 0 Å². The van der Waals surface area contributed by atoms with Gasteiger partial charge in [-0.3, -0.25) is 4.98 Å². The van der Waals surface area contributed by atoms with Gasteiger partial charge in [0, 0.05) is 44.3 Å². The summed E-state index contributed by atoms with van der Waals surface area (Å²) in [6.45, 7) is 6.82. The molecule has 0 bridgehead atoms. The van der Waals surface area contributed by atoms with Crippen molar-refractivity contribution in [2.75, 3.05) is 36.0 Å². The van der Waals surface area contributed by atoms with Crippen molar-refractivity contribution in [1.29, 1.82) is 0 Å². The van der Waals surface area contributed by atoms with Crippen molar-refractivity contribution in [1.82, 2.24) is 9.97 Å². The fourth-order valence-electron chi connectivity index (χ4n) is 4.44. The van der Waals surface area contributed by atoms with Crippen LogP contribution in [0, 0.1) is 18.8 Å². The molecule has 0 unspecified atom stereocenters. The lowest BCUT2D eigenvalue weighted by Crippen LogP contribution is -2.41. The van der Waals surface area contributed by atoms with Crippen molar-refractivity contribution in [3.8, 4) is 0 Å². The summed E-state index contributed by atoms with van der Waals surface area (Å²) < 4.78 is 0. The predicted molar refractivity (Wildman–Crippen MR) is 103 cm³/mol. The zero-order chi connectivity index (χ0) is 17.1. The van der Waals surface area contributed by atoms with Gasteiger partial charge in [0.25, 0.3) is 0 Å². The fourth-order valence-corrected chi connectivity index (χ4v) is 4.44. The van der Waals surface area contributed by atoms with Crippen LogP contribution >= 0.6 is 0 Å². The van der Waals surface area contributed by atoms with Crippen molar-refractivity contribution in [2.45, 2.75) is 32.6 Å². The van der Waals surface area contributed by atoms with E-state index in [1.807, 2.05) is 6.20 Å². The lowest BCUT2D eigenvalue weighted by Gasteiger charge is -2.41. The Kier molecular flexibility index (Phi) is 4.86. The molecule has 25 heavy (non-hydrogen) atoms. The van der Waals surface area contributed by atoms with Crippen molar-refractivity contribution in [2.24, 2.45) is 11.8 Å². The Bertz CT molecular complexity index is 654. The predicted octanol–water partition coefficient (Wildman–Crippen LogP) is 3.92. The molecule has 2 fully saturated rings. The summed E-state index contributed by atoms with van der Waals surface area (Å²) in [5.41, 5.74) is 2.73. The number of hydrogen-bond donors (Lipinski definition) is 0. The minimum Gasteiger partial charge on any atom is -0.372 e. The summed E-state index contributed by atoms with van der Waals surface area (Å²) in [5.74, 6) is 2.81. The molecule has 0 radical (unpaired) electrons. The first-order valence-electron chi connectivity index (χ1n) is 9.62. The molecule has 3 heterocycles. The minimum absolute atomic E-state index is 0.882. The molecule has 2 saturated heterocycles. The maximum atomic E-state index is 4.45. The summed E-state index contributed by atoms with van der Waals surface area (Å²) in [6.07, 6.45) is 10.7. The number of aromatic nitrogens is 2. The molecular weight excluding hydrogens is 308 g/mol. The molecule has 2 aliphatic heterocycles. The highest BCUT2D eigenvalue weighted by Crippen LogP contribution is 2.34. The molecule has 0 saturated carbocycles. The van der Waals surface area contributed by atoms with Crippen molar-refractivity contribution >= 4 is 11.5 Å². The SMILES string of the molecule is Cc1ccc(N2CCC(C3CCN(c4cnccn4)CC3)CC2)cc1. The van der Waals surface area contributed by atoms with Crippen LogP contribution in [0.25, 0.3) is 0 Å². The number of rotatable bonds is 3. The molecule has 0 aliphatic carbocycles. The molecular formula is C21H28N4. The number of hydrogen-bond acceptors (Lipinski definition) is 4. The molecule has 4 rings (SSSR count). The molecule has 1 aromatic heterocycles. The van der Waals surface area contributed by atoms with E-state index < -0.39 is 0 Å². The standard InChI is InChI=1S/C21H28N4/c1-17-2-4-20(5-3-17)24-12-6-18(7-13-24)19-8-14-25(15-9-19)21-16-22-10-11-23-21/h2-5,10-11,16,18-19H,6-9,12-15H2,1H3. The Morgan fingerprint density at radius 1 is 0.800 bits per heavy atom. The molecule has 4 heteroatoms. The minimum atomic E-state index is 0.882. The monoisotopic (exact) mass is 336 g/mol. The maximum Gasteiger partial charge on any atom is 0.147 e. The van der Waals surface area contributed by atoms with Crippen molar-refractivity contribution < 1.29 is 0 Å². The van der Waals surface area contributed by atoms with Crippen LogP contribution in [-0.2, 0) is 0 Å². The number of anilines is 2. The van der Waals surface area contributed by atoms with Gasteiger partial charge in [-0.2, -0.15) is 0 Å². The van der Waals surface area contributed by atoms with E-state index in [2.05, 4.69) is 51.0 Å². The highest BCUT2D eigenvalue weighted by molar-refractivity contribution is 5.47.